The first-order chi connectivity index (χ1) is 18.0. The van der Waals surface area contributed by atoms with Crippen LogP contribution >= 0.6 is 0 Å². The van der Waals surface area contributed by atoms with E-state index < -0.39 is 45.5 Å². The second kappa shape index (κ2) is 9.98. The molecule has 10 nitrogen and oxygen atoms in total. The van der Waals surface area contributed by atoms with E-state index in [9.17, 15) is 36.6 Å². The van der Waals surface area contributed by atoms with Crippen molar-refractivity contribution in [2.75, 3.05) is 29.9 Å². The van der Waals surface area contributed by atoms with E-state index in [0.29, 0.717) is 13.1 Å². The van der Waals surface area contributed by atoms with Crippen LogP contribution in [-0.2, 0) is 15.6 Å². The fourth-order valence-electron chi connectivity index (χ4n) is 4.56. The number of alkyl halides is 3. The zero-order valence-corrected chi connectivity index (χ0v) is 22.7. The Balaban J connectivity index is 1.67. The van der Waals surface area contributed by atoms with Gasteiger partial charge < -0.3 is 20.4 Å². The highest BCUT2D eigenvalue weighted by Gasteiger charge is 2.56. The number of piperidine rings is 1. The van der Waals surface area contributed by atoms with Gasteiger partial charge in [-0.2, -0.15) is 13.2 Å². The molecule has 0 radical (unpaired) electrons. The van der Waals surface area contributed by atoms with Crippen molar-refractivity contribution in [2.24, 2.45) is 5.41 Å². The highest BCUT2D eigenvalue weighted by molar-refractivity contribution is 7.89. The van der Waals surface area contributed by atoms with Crippen LogP contribution in [0.1, 0.15) is 62.5 Å². The third kappa shape index (κ3) is 6.18. The molecule has 4 N–H and O–H groups in total. The molecule has 1 atom stereocenters. The number of sulfonamides is 1. The van der Waals surface area contributed by atoms with Crippen LogP contribution in [0.3, 0.4) is 0 Å². The second-order valence-electron chi connectivity index (χ2n) is 11.2. The number of nitrogens with one attached hydrogen (secondary N) is 2. The average molecular weight is 572 g/mol. The molecule has 14 heteroatoms. The highest BCUT2D eigenvalue weighted by Crippen LogP contribution is 2.54. The molecule has 2 aromatic rings. The maximum Gasteiger partial charge on any atom is 0.425 e. The lowest BCUT2D eigenvalue weighted by Crippen LogP contribution is -2.46. The number of aliphatic hydroxyl groups is 2. The third-order valence-corrected chi connectivity index (χ3v) is 8.66. The Labute approximate surface area is 224 Å². The fraction of sp³-hybridized carbons (Fsp3) is 0.560. The van der Waals surface area contributed by atoms with E-state index in [2.05, 4.69) is 20.0 Å². The van der Waals surface area contributed by atoms with Crippen molar-refractivity contribution >= 4 is 27.6 Å². The van der Waals surface area contributed by atoms with Crippen molar-refractivity contribution < 1.29 is 36.6 Å². The van der Waals surface area contributed by atoms with Crippen LogP contribution in [0, 0.1) is 5.41 Å². The number of hydrogen-bond donors (Lipinski definition) is 4. The Morgan fingerprint density at radius 1 is 1.05 bits per heavy atom. The molecule has 1 aliphatic heterocycles. The number of anilines is 2. The number of pyridine rings is 2. The fourth-order valence-corrected chi connectivity index (χ4v) is 5.94. The summed E-state index contributed by atoms with van der Waals surface area (Å²) in [5.41, 5.74) is -5.09. The number of halogens is 3. The predicted molar refractivity (Wildman–Crippen MR) is 137 cm³/mol. The number of hydrogen-bond acceptors (Lipinski definition) is 8. The largest absolute Gasteiger partial charge is 0.425 e. The van der Waals surface area contributed by atoms with Gasteiger partial charge >= 0.3 is 6.18 Å². The number of rotatable bonds is 7. The van der Waals surface area contributed by atoms with Gasteiger partial charge in [0.05, 0.1) is 17.9 Å². The molecular formula is C25H32F3N5O5S. The number of aromatic nitrogens is 2. The summed E-state index contributed by atoms with van der Waals surface area (Å²) in [5, 5.41) is 21.9. The van der Waals surface area contributed by atoms with Crippen molar-refractivity contribution in [3.63, 3.8) is 0 Å². The van der Waals surface area contributed by atoms with E-state index in [1.165, 1.54) is 18.2 Å². The van der Waals surface area contributed by atoms with Crippen molar-refractivity contribution in [1.82, 2.24) is 14.7 Å². The molecule has 1 aliphatic carbocycles. The zero-order chi connectivity index (χ0) is 28.9. The Bertz CT molecular complexity index is 1350. The third-order valence-electron chi connectivity index (χ3n) is 7.00. The maximum atomic E-state index is 13.7. The van der Waals surface area contributed by atoms with Crippen molar-refractivity contribution in [2.45, 2.75) is 68.8 Å². The summed E-state index contributed by atoms with van der Waals surface area (Å²) in [6.07, 6.45) is -1.49. The molecule has 2 aliphatic rings. The molecule has 2 aromatic heterocycles. The first-order valence-corrected chi connectivity index (χ1v) is 14.0. The van der Waals surface area contributed by atoms with E-state index in [-0.39, 0.29) is 27.6 Å². The molecule has 1 unspecified atom stereocenters. The Morgan fingerprint density at radius 3 is 2.23 bits per heavy atom. The molecule has 1 amide bonds. The maximum absolute atomic E-state index is 13.7. The lowest BCUT2D eigenvalue weighted by Gasteiger charge is -2.35. The van der Waals surface area contributed by atoms with Crippen LogP contribution in [0.2, 0.25) is 0 Å². The molecule has 0 bridgehead atoms. The van der Waals surface area contributed by atoms with Gasteiger partial charge in [0.2, 0.25) is 5.60 Å². The minimum Gasteiger partial charge on any atom is -0.393 e. The highest BCUT2D eigenvalue weighted by atomic mass is 32.2. The molecule has 0 aromatic carbocycles. The van der Waals surface area contributed by atoms with E-state index in [1.807, 2.05) is 0 Å². The Kier molecular flexibility index (Phi) is 7.47. The van der Waals surface area contributed by atoms with E-state index >= 15 is 0 Å². The van der Waals surface area contributed by atoms with Gasteiger partial charge in [-0.05, 0) is 76.1 Å². The number of aliphatic hydroxyl groups excluding tert-OH is 1. The van der Waals surface area contributed by atoms with Gasteiger partial charge in [0, 0.05) is 18.6 Å². The summed E-state index contributed by atoms with van der Waals surface area (Å²) in [6, 6.07) is 5.98. The van der Waals surface area contributed by atoms with Gasteiger partial charge in [0.25, 0.3) is 15.9 Å². The van der Waals surface area contributed by atoms with Crippen LogP contribution in [0.5, 0.6) is 0 Å². The molecule has 1 saturated heterocycles. The number of amides is 1. The summed E-state index contributed by atoms with van der Waals surface area (Å²) in [7, 11) is -4.00. The monoisotopic (exact) mass is 571 g/mol. The van der Waals surface area contributed by atoms with Gasteiger partial charge in [-0.25, -0.2) is 23.1 Å². The second-order valence-corrected chi connectivity index (χ2v) is 12.9. The Morgan fingerprint density at radius 2 is 1.69 bits per heavy atom. The molecular weight excluding hydrogens is 539 g/mol. The molecule has 1 spiro atoms. The van der Waals surface area contributed by atoms with E-state index in [4.69, 9.17) is 0 Å². The summed E-state index contributed by atoms with van der Waals surface area (Å²) >= 11 is 0. The lowest BCUT2D eigenvalue weighted by molar-refractivity contribution is -0.279. The lowest BCUT2D eigenvalue weighted by atomic mass is 9.93. The summed E-state index contributed by atoms with van der Waals surface area (Å²) in [4.78, 5) is 23.1. The van der Waals surface area contributed by atoms with Gasteiger partial charge in [-0.3, -0.25) is 4.79 Å². The molecule has 39 heavy (non-hydrogen) atoms. The first kappa shape index (κ1) is 29.2. The van der Waals surface area contributed by atoms with Crippen LogP contribution < -0.4 is 14.9 Å². The molecule has 2 fully saturated rings. The van der Waals surface area contributed by atoms with E-state index in [1.54, 1.807) is 25.7 Å². The van der Waals surface area contributed by atoms with Crippen molar-refractivity contribution in [1.29, 1.82) is 0 Å². The first-order valence-electron chi connectivity index (χ1n) is 12.5. The van der Waals surface area contributed by atoms with Gasteiger partial charge in [-0.15, -0.1) is 0 Å². The average Bonchev–Trinajstić information content (AvgIpc) is 3.60. The predicted octanol–water partition coefficient (Wildman–Crippen LogP) is 2.93. The Hall–Kier alpha value is -2.81. The summed E-state index contributed by atoms with van der Waals surface area (Å²) < 4.78 is 68.8. The van der Waals surface area contributed by atoms with Gasteiger partial charge in [-0.1, -0.05) is 6.07 Å². The number of carbonyl (C=O) groups is 1. The minimum absolute atomic E-state index is 0.0743. The normalized spacial score (nSPS) is 19.0. The molecule has 1 saturated carbocycles. The van der Waals surface area contributed by atoms with Gasteiger partial charge in [0.15, 0.2) is 5.03 Å². The minimum atomic E-state index is -5.22. The summed E-state index contributed by atoms with van der Waals surface area (Å²) in [6.45, 7) is 4.24. The van der Waals surface area contributed by atoms with Crippen molar-refractivity contribution in [3.8, 4) is 0 Å². The number of nitrogens with zero attached hydrogens (tertiary/aromatic N) is 3. The van der Waals surface area contributed by atoms with Crippen LogP contribution in [0.15, 0.2) is 35.4 Å². The zero-order valence-electron chi connectivity index (χ0n) is 21.8. The number of carbonyl (C=O) groups excluding carboxylic acids is 1. The molecule has 3 heterocycles. The van der Waals surface area contributed by atoms with Crippen LogP contribution in [0.25, 0.3) is 0 Å². The van der Waals surface area contributed by atoms with E-state index in [0.717, 1.165) is 37.8 Å². The van der Waals surface area contributed by atoms with Crippen LogP contribution in [-0.4, -0.2) is 65.9 Å². The molecule has 4 rings (SSSR count). The standard InChI is InChI=1S/C25H32F3N5O5S/c1-22(2,3)32-39(37,38)19-6-4-5-18(30-19)31-21(35)16-7-8-17(24(36,15-34)25(26,27)28)29-20(16)33-13-11-23(9-10-23)12-14-33/h4-8,32,34,36H,9-15H2,1-3H3,(H,30,31,35). The van der Waals surface area contributed by atoms with Gasteiger partial charge in [0.1, 0.15) is 11.6 Å². The van der Waals surface area contributed by atoms with Crippen molar-refractivity contribution in [3.05, 3.63) is 41.6 Å². The molecule has 214 valence electrons. The summed E-state index contributed by atoms with van der Waals surface area (Å²) in [5.74, 6) is -0.944. The van der Waals surface area contributed by atoms with Crippen LogP contribution in [0.4, 0.5) is 24.8 Å². The SMILES string of the molecule is CC(C)(C)NS(=O)(=O)c1cccc(NC(=O)c2ccc(C(O)(CO)C(F)(F)F)nc2N2CCC3(CC2)CC3)n1. The topological polar surface area (TPSA) is 145 Å². The quantitative estimate of drug-likeness (QED) is 0.397. The smallest absolute Gasteiger partial charge is 0.393 e.